The van der Waals surface area contributed by atoms with Gasteiger partial charge in [-0.1, -0.05) is 38.5 Å². The molecule has 18 heavy (non-hydrogen) atoms. The Hall–Kier alpha value is -1.29. The number of hydrogen-bond donors (Lipinski definition) is 2. The van der Waals surface area contributed by atoms with Crippen molar-refractivity contribution in [2.24, 2.45) is 5.92 Å². The molecule has 0 radical (unpaired) electrons. The van der Waals surface area contributed by atoms with Gasteiger partial charge in [0, 0.05) is 0 Å². The van der Waals surface area contributed by atoms with Crippen molar-refractivity contribution >= 4 is 5.97 Å². The van der Waals surface area contributed by atoms with Gasteiger partial charge in [-0.25, -0.2) is 4.79 Å². The van der Waals surface area contributed by atoms with Crippen LogP contribution in [0.2, 0.25) is 0 Å². The zero-order chi connectivity index (χ0) is 13.0. The van der Waals surface area contributed by atoms with E-state index in [1.54, 1.807) is 6.07 Å². The Kier molecular flexibility index (Phi) is 4.42. The third kappa shape index (κ3) is 3.35. The number of carboxylic acid groups (broad SMARTS) is 1. The molecule has 2 rings (SSSR count). The van der Waals surface area contributed by atoms with Crippen LogP contribution in [0.25, 0.3) is 0 Å². The molecular weight excluding hydrogens is 232 g/mol. The molecule has 4 nitrogen and oxygen atoms in total. The third-order valence-electron chi connectivity index (χ3n) is 3.70. The van der Waals surface area contributed by atoms with Crippen LogP contribution in [-0.4, -0.2) is 16.2 Å². The van der Waals surface area contributed by atoms with Gasteiger partial charge in [-0.2, -0.15) is 0 Å². The van der Waals surface area contributed by atoms with Gasteiger partial charge in [-0.15, -0.1) is 0 Å². The van der Waals surface area contributed by atoms with Gasteiger partial charge in [0.1, 0.15) is 11.9 Å². The number of hydrogen-bond acceptors (Lipinski definition) is 3. The van der Waals surface area contributed by atoms with Crippen molar-refractivity contribution in [3.63, 3.8) is 0 Å². The highest BCUT2D eigenvalue weighted by atomic mass is 16.4. The standard InChI is InChI=1S/C14H20O4/c15-11(9-10-5-3-1-2-4-6-10)12-7-8-13(18-12)14(16)17/h7-8,10-11,15H,1-6,9H2,(H,16,17). The second-order valence-corrected chi connectivity index (χ2v) is 5.12. The molecule has 0 amide bonds. The van der Waals surface area contributed by atoms with Crippen molar-refractivity contribution < 1.29 is 19.4 Å². The molecule has 0 spiro atoms. The van der Waals surface area contributed by atoms with Crippen molar-refractivity contribution in [3.8, 4) is 0 Å². The predicted molar refractivity (Wildman–Crippen MR) is 66.4 cm³/mol. The molecule has 1 aromatic rings. The fraction of sp³-hybridized carbons (Fsp3) is 0.643. The highest BCUT2D eigenvalue weighted by Crippen LogP contribution is 2.31. The third-order valence-corrected chi connectivity index (χ3v) is 3.70. The Labute approximate surface area is 107 Å². The minimum atomic E-state index is -1.09. The maximum absolute atomic E-state index is 10.7. The number of aliphatic hydroxyl groups is 1. The van der Waals surface area contributed by atoms with E-state index in [9.17, 15) is 9.90 Å². The zero-order valence-electron chi connectivity index (χ0n) is 10.5. The quantitative estimate of drug-likeness (QED) is 0.806. The fourth-order valence-corrected chi connectivity index (χ4v) is 2.68. The van der Waals surface area contributed by atoms with Crippen LogP contribution in [0.15, 0.2) is 16.5 Å². The van der Waals surface area contributed by atoms with E-state index in [1.165, 1.54) is 31.7 Å². The van der Waals surface area contributed by atoms with Crippen molar-refractivity contribution in [3.05, 3.63) is 23.7 Å². The van der Waals surface area contributed by atoms with Crippen molar-refractivity contribution in [1.82, 2.24) is 0 Å². The van der Waals surface area contributed by atoms with Gasteiger partial charge in [0.2, 0.25) is 5.76 Å². The molecule has 1 aliphatic rings. The zero-order valence-corrected chi connectivity index (χ0v) is 10.5. The number of rotatable bonds is 4. The van der Waals surface area contributed by atoms with Gasteiger partial charge in [0.25, 0.3) is 0 Å². The van der Waals surface area contributed by atoms with E-state index in [1.807, 2.05) is 0 Å². The second-order valence-electron chi connectivity index (χ2n) is 5.12. The summed E-state index contributed by atoms with van der Waals surface area (Å²) < 4.78 is 5.13. The lowest BCUT2D eigenvalue weighted by atomic mass is 9.93. The first-order valence-corrected chi connectivity index (χ1v) is 6.68. The highest BCUT2D eigenvalue weighted by molar-refractivity contribution is 5.84. The van der Waals surface area contributed by atoms with Crippen LogP contribution in [0.5, 0.6) is 0 Å². The van der Waals surface area contributed by atoms with Crippen molar-refractivity contribution in [2.75, 3.05) is 0 Å². The monoisotopic (exact) mass is 252 g/mol. The number of furan rings is 1. The fourth-order valence-electron chi connectivity index (χ4n) is 2.68. The van der Waals surface area contributed by atoms with Crippen molar-refractivity contribution in [1.29, 1.82) is 0 Å². The van der Waals surface area contributed by atoms with Crippen LogP contribution in [0.4, 0.5) is 0 Å². The topological polar surface area (TPSA) is 70.7 Å². The summed E-state index contributed by atoms with van der Waals surface area (Å²) in [5, 5.41) is 18.8. The average molecular weight is 252 g/mol. The van der Waals surface area contributed by atoms with E-state index in [2.05, 4.69) is 0 Å². The predicted octanol–water partition coefficient (Wildman–Crippen LogP) is 3.37. The van der Waals surface area contributed by atoms with E-state index in [4.69, 9.17) is 9.52 Å². The Morgan fingerprint density at radius 3 is 2.50 bits per heavy atom. The van der Waals surface area contributed by atoms with Gasteiger partial charge < -0.3 is 14.6 Å². The highest BCUT2D eigenvalue weighted by Gasteiger charge is 2.21. The molecule has 1 aromatic heterocycles. The van der Waals surface area contributed by atoms with Crippen molar-refractivity contribution in [2.45, 2.75) is 51.0 Å². The van der Waals surface area contributed by atoms with E-state index in [0.29, 0.717) is 18.1 Å². The SMILES string of the molecule is O=C(O)c1ccc(C(O)CC2CCCCCC2)o1. The summed E-state index contributed by atoms with van der Waals surface area (Å²) in [6.07, 6.45) is 7.35. The smallest absolute Gasteiger partial charge is 0.371 e. The van der Waals surface area contributed by atoms with Crippen LogP contribution in [-0.2, 0) is 0 Å². The van der Waals surface area contributed by atoms with Gasteiger partial charge in [0.05, 0.1) is 0 Å². The largest absolute Gasteiger partial charge is 0.475 e. The van der Waals surface area contributed by atoms with Gasteiger partial charge >= 0.3 is 5.97 Å². The summed E-state index contributed by atoms with van der Waals surface area (Å²) >= 11 is 0. The van der Waals surface area contributed by atoms with Crippen LogP contribution in [0, 0.1) is 5.92 Å². The maximum Gasteiger partial charge on any atom is 0.371 e. The van der Waals surface area contributed by atoms with E-state index in [-0.39, 0.29) is 5.76 Å². The molecule has 100 valence electrons. The van der Waals surface area contributed by atoms with Gasteiger partial charge in [-0.3, -0.25) is 0 Å². The lowest BCUT2D eigenvalue weighted by Gasteiger charge is -2.16. The Balaban J connectivity index is 1.93. The molecule has 0 aromatic carbocycles. The molecule has 1 unspecified atom stereocenters. The summed E-state index contributed by atoms with van der Waals surface area (Å²) in [6, 6.07) is 2.96. The summed E-state index contributed by atoms with van der Waals surface area (Å²) in [5.41, 5.74) is 0. The molecule has 1 heterocycles. The molecule has 2 N–H and O–H groups in total. The number of carboxylic acids is 1. The van der Waals surface area contributed by atoms with E-state index >= 15 is 0 Å². The first-order chi connectivity index (χ1) is 8.66. The molecule has 1 atom stereocenters. The van der Waals surface area contributed by atoms with Crippen LogP contribution < -0.4 is 0 Å². The number of aliphatic hydroxyl groups excluding tert-OH is 1. The lowest BCUT2D eigenvalue weighted by Crippen LogP contribution is -2.06. The van der Waals surface area contributed by atoms with Crippen LogP contribution in [0.1, 0.15) is 67.4 Å². The Bertz CT molecular complexity index is 388. The number of aromatic carboxylic acids is 1. The molecule has 1 saturated carbocycles. The van der Waals surface area contributed by atoms with Crippen LogP contribution >= 0.6 is 0 Å². The maximum atomic E-state index is 10.7. The first-order valence-electron chi connectivity index (χ1n) is 6.68. The Morgan fingerprint density at radius 1 is 1.28 bits per heavy atom. The number of carbonyl (C=O) groups is 1. The average Bonchev–Trinajstić information content (AvgIpc) is 2.70. The molecular formula is C14H20O4. The molecule has 0 aliphatic heterocycles. The molecule has 0 bridgehead atoms. The summed E-state index contributed by atoms with van der Waals surface area (Å²) in [5.74, 6) is -0.301. The van der Waals surface area contributed by atoms with Gasteiger partial charge in [-0.05, 0) is 24.5 Å². The first kappa shape index (κ1) is 13.1. The minimum absolute atomic E-state index is 0.107. The Morgan fingerprint density at radius 2 is 1.94 bits per heavy atom. The minimum Gasteiger partial charge on any atom is -0.475 e. The second kappa shape index (κ2) is 6.05. The summed E-state index contributed by atoms with van der Waals surface area (Å²) in [6.45, 7) is 0. The summed E-state index contributed by atoms with van der Waals surface area (Å²) in [7, 11) is 0. The normalized spacial score (nSPS) is 19.4. The lowest BCUT2D eigenvalue weighted by molar-refractivity contribution is 0.0645. The molecule has 1 fully saturated rings. The molecule has 4 heteroatoms. The summed E-state index contributed by atoms with van der Waals surface area (Å²) in [4.78, 5) is 10.7. The van der Waals surface area contributed by atoms with E-state index < -0.39 is 12.1 Å². The van der Waals surface area contributed by atoms with Gasteiger partial charge in [0.15, 0.2) is 0 Å². The molecule has 1 aliphatic carbocycles. The van der Waals surface area contributed by atoms with Crippen LogP contribution in [0.3, 0.4) is 0 Å². The van der Waals surface area contributed by atoms with E-state index in [0.717, 1.165) is 12.8 Å². The molecule has 0 saturated heterocycles.